The van der Waals surface area contributed by atoms with Crippen molar-refractivity contribution in [1.82, 2.24) is 15.1 Å². The molecule has 0 bridgehead atoms. The quantitative estimate of drug-likeness (QED) is 0.625. The Hall–Kier alpha value is -3.11. The highest BCUT2D eigenvalue weighted by Gasteiger charge is 2.27. The molecule has 164 valence electrons. The van der Waals surface area contributed by atoms with Crippen LogP contribution in [0.5, 0.6) is 0 Å². The zero-order valence-electron chi connectivity index (χ0n) is 17.6. The minimum Gasteiger partial charge on any atom is -0.458 e. The molecular weight excluding hydrogens is 420 g/mol. The van der Waals surface area contributed by atoms with Gasteiger partial charge < -0.3 is 14.1 Å². The predicted molar refractivity (Wildman–Crippen MR) is 114 cm³/mol. The van der Waals surface area contributed by atoms with E-state index in [1.165, 1.54) is 12.3 Å². The van der Waals surface area contributed by atoms with Gasteiger partial charge in [-0.25, -0.2) is 8.42 Å². The van der Waals surface area contributed by atoms with Crippen LogP contribution in [0.4, 0.5) is 5.69 Å². The van der Waals surface area contributed by atoms with E-state index in [-0.39, 0.29) is 22.3 Å². The molecule has 4 rings (SSSR count). The number of anilines is 1. The van der Waals surface area contributed by atoms with Crippen LogP contribution in [-0.4, -0.2) is 55.7 Å². The van der Waals surface area contributed by atoms with Gasteiger partial charge in [0.1, 0.15) is 16.3 Å². The Morgan fingerprint density at radius 1 is 1.10 bits per heavy atom. The standard InChI is InChI=1S/C21H24N4O5S/c1-13-8-14(2)10-16(9-13)24-31(27,28)19-11-18(30-15(19)3)20-17(12-22-23-20)21(26)25-4-6-29-7-5-25/h8-12,24H,4-7H2,1-3H3,(H,22,23). The van der Waals surface area contributed by atoms with Crippen molar-refractivity contribution in [3.63, 3.8) is 0 Å². The fourth-order valence-electron chi connectivity index (χ4n) is 3.67. The first-order chi connectivity index (χ1) is 14.7. The predicted octanol–water partition coefficient (Wildman–Crippen LogP) is 2.87. The van der Waals surface area contributed by atoms with Gasteiger partial charge in [0.15, 0.2) is 5.76 Å². The number of aryl methyl sites for hydroxylation is 3. The lowest BCUT2D eigenvalue weighted by molar-refractivity contribution is 0.0303. The number of carbonyl (C=O) groups excluding carboxylic acids is 1. The minimum absolute atomic E-state index is 0.000954. The number of H-pyrrole nitrogens is 1. The van der Waals surface area contributed by atoms with Crippen LogP contribution in [0.15, 0.2) is 39.8 Å². The number of benzene rings is 1. The number of morpholine rings is 1. The van der Waals surface area contributed by atoms with Crippen LogP contribution in [0.2, 0.25) is 0 Å². The monoisotopic (exact) mass is 444 g/mol. The van der Waals surface area contributed by atoms with E-state index in [4.69, 9.17) is 9.15 Å². The summed E-state index contributed by atoms with van der Waals surface area (Å²) in [5.74, 6) is 0.234. The lowest BCUT2D eigenvalue weighted by Crippen LogP contribution is -2.40. The number of aromatic amines is 1. The highest BCUT2D eigenvalue weighted by atomic mass is 32.2. The fourth-order valence-corrected chi connectivity index (χ4v) is 4.89. The van der Waals surface area contributed by atoms with E-state index in [0.29, 0.717) is 43.2 Å². The number of sulfonamides is 1. The maximum atomic E-state index is 13.0. The third-order valence-corrected chi connectivity index (χ3v) is 6.54. The molecule has 0 radical (unpaired) electrons. The topological polar surface area (TPSA) is 118 Å². The number of furan rings is 1. The molecule has 0 atom stereocenters. The van der Waals surface area contributed by atoms with E-state index in [1.807, 2.05) is 19.9 Å². The summed E-state index contributed by atoms with van der Waals surface area (Å²) in [7, 11) is -3.89. The smallest absolute Gasteiger partial charge is 0.265 e. The summed E-state index contributed by atoms with van der Waals surface area (Å²) < 4.78 is 39.6. The first-order valence-electron chi connectivity index (χ1n) is 9.87. The minimum atomic E-state index is -3.89. The van der Waals surface area contributed by atoms with E-state index >= 15 is 0 Å². The van der Waals surface area contributed by atoms with Gasteiger partial charge in [-0.3, -0.25) is 14.6 Å². The van der Waals surface area contributed by atoms with Crippen molar-refractivity contribution in [3.05, 3.63) is 52.9 Å². The Morgan fingerprint density at radius 3 is 2.45 bits per heavy atom. The molecule has 1 aliphatic rings. The Morgan fingerprint density at radius 2 is 1.77 bits per heavy atom. The number of nitrogens with zero attached hydrogens (tertiary/aromatic N) is 2. The number of hydrogen-bond acceptors (Lipinski definition) is 6. The molecule has 3 heterocycles. The van der Waals surface area contributed by atoms with E-state index in [9.17, 15) is 13.2 Å². The zero-order valence-corrected chi connectivity index (χ0v) is 18.4. The lowest BCUT2D eigenvalue weighted by atomic mass is 10.1. The second kappa shape index (κ2) is 8.20. The average Bonchev–Trinajstić information content (AvgIpc) is 3.33. The van der Waals surface area contributed by atoms with Crippen molar-refractivity contribution in [3.8, 4) is 11.5 Å². The molecule has 1 amide bonds. The molecule has 2 aromatic heterocycles. The number of carbonyl (C=O) groups is 1. The van der Waals surface area contributed by atoms with E-state index in [1.54, 1.807) is 24.0 Å². The molecule has 9 nitrogen and oxygen atoms in total. The van der Waals surface area contributed by atoms with Crippen LogP contribution >= 0.6 is 0 Å². The maximum Gasteiger partial charge on any atom is 0.265 e. The number of hydrogen-bond donors (Lipinski definition) is 2. The molecule has 0 spiro atoms. The van der Waals surface area contributed by atoms with E-state index in [2.05, 4.69) is 14.9 Å². The van der Waals surface area contributed by atoms with Gasteiger partial charge in [-0.1, -0.05) is 6.07 Å². The van der Waals surface area contributed by atoms with Gasteiger partial charge in [-0.05, 0) is 44.0 Å². The summed E-state index contributed by atoms with van der Waals surface area (Å²) in [5.41, 5.74) is 3.04. The third-order valence-electron chi connectivity index (χ3n) is 5.05. The van der Waals surface area contributed by atoms with Crippen LogP contribution in [-0.2, 0) is 14.8 Å². The average molecular weight is 445 g/mol. The first kappa shape index (κ1) is 21.1. The Bertz CT molecular complexity index is 1200. The SMILES string of the molecule is Cc1cc(C)cc(NS(=O)(=O)c2cc(-c3[nH]ncc3C(=O)N3CCOCC3)oc2C)c1. The normalized spacial score (nSPS) is 14.6. The summed E-state index contributed by atoms with van der Waals surface area (Å²) in [5, 5.41) is 6.73. The number of amides is 1. The molecule has 0 saturated carbocycles. The van der Waals surface area contributed by atoms with Crippen LogP contribution < -0.4 is 4.72 Å². The van der Waals surface area contributed by atoms with E-state index in [0.717, 1.165) is 11.1 Å². The van der Waals surface area contributed by atoms with Gasteiger partial charge in [-0.2, -0.15) is 5.10 Å². The number of rotatable bonds is 5. The molecule has 10 heteroatoms. The fraction of sp³-hybridized carbons (Fsp3) is 0.333. The second-order valence-electron chi connectivity index (χ2n) is 7.58. The molecule has 1 aromatic carbocycles. The van der Waals surface area contributed by atoms with Crippen molar-refractivity contribution < 1.29 is 22.4 Å². The highest BCUT2D eigenvalue weighted by Crippen LogP contribution is 2.31. The van der Waals surface area contributed by atoms with Crippen LogP contribution in [0.1, 0.15) is 27.2 Å². The van der Waals surface area contributed by atoms with Gasteiger partial charge in [0, 0.05) is 24.8 Å². The summed E-state index contributed by atoms with van der Waals surface area (Å²) in [6.07, 6.45) is 1.42. The van der Waals surface area contributed by atoms with Gasteiger partial charge in [0.25, 0.3) is 15.9 Å². The molecule has 1 aliphatic heterocycles. The number of aromatic nitrogens is 2. The Labute approximate surface area is 180 Å². The maximum absolute atomic E-state index is 13.0. The Balaban J connectivity index is 1.64. The molecule has 2 N–H and O–H groups in total. The molecule has 1 fully saturated rings. The summed E-state index contributed by atoms with van der Waals surface area (Å²) in [6.45, 7) is 7.30. The highest BCUT2D eigenvalue weighted by molar-refractivity contribution is 7.92. The van der Waals surface area contributed by atoms with Crippen molar-refractivity contribution in [2.45, 2.75) is 25.7 Å². The Kier molecular flexibility index (Phi) is 5.59. The zero-order chi connectivity index (χ0) is 22.2. The third kappa shape index (κ3) is 4.35. The van der Waals surface area contributed by atoms with Crippen molar-refractivity contribution in [2.75, 3.05) is 31.0 Å². The molecule has 3 aromatic rings. The number of nitrogens with one attached hydrogen (secondary N) is 2. The van der Waals surface area contributed by atoms with Crippen LogP contribution in [0.3, 0.4) is 0 Å². The van der Waals surface area contributed by atoms with Crippen molar-refractivity contribution >= 4 is 21.6 Å². The first-order valence-corrected chi connectivity index (χ1v) is 11.4. The van der Waals surface area contributed by atoms with Gasteiger partial charge in [0.2, 0.25) is 0 Å². The van der Waals surface area contributed by atoms with E-state index < -0.39 is 10.0 Å². The number of ether oxygens (including phenoxy) is 1. The summed E-state index contributed by atoms with van der Waals surface area (Å²) in [6, 6.07) is 6.89. The van der Waals surface area contributed by atoms with Gasteiger partial charge in [-0.15, -0.1) is 0 Å². The molecule has 0 aliphatic carbocycles. The molecule has 31 heavy (non-hydrogen) atoms. The van der Waals surface area contributed by atoms with Crippen molar-refractivity contribution in [2.24, 2.45) is 0 Å². The molecule has 0 unspecified atom stereocenters. The largest absolute Gasteiger partial charge is 0.458 e. The second-order valence-corrected chi connectivity index (χ2v) is 9.23. The summed E-state index contributed by atoms with van der Waals surface area (Å²) in [4.78, 5) is 14.6. The molecular formula is C21H24N4O5S. The summed E-state index contributed by atoms with van der Waals surface area (Å²) >= 11 is 0. The van der Waals surface area contributed by atoms with Crippen LogP contribution in [0.25, 0.3) is 11.5 Å². The van der Waals surface area contributed by atoms with Crippen molar-refractivity contribution in [1.29, 1.82) is 0 Å². The van der Waals surface area contributed by atoms with Gasteiger partial charge in [0.05, 0.1) is 25.0 Å². The lowest BCUT2D eigenvalue weighted by Gasteiger charge is -2.26. The molecule has 1 saturated heterocycles. The van der Waals surface area contributed by atoms with Crippen LogP contribution in [0, 0.1) is 20.8 Å². The van der Waals surface area contributed by atoms with Gasteiger partial charge >= 0.3 is 0 Å².